The van der Waals surface area contributed by atoms with E-state index in [2.05, 4.69) is 58.9 Å². The fourth-order valence-corrected chi connectivity index (χ4v) is 2.73. The van der Waals surface area contributed by atoms with E-state index in [1.54, 1.807) is 0 Å². The maximum atomic E-state index is 5.34. The summed E-state index contributed by atoms with van der Waals surface area (Å²) in [6.07, 6.45) is 4.03. The fraction of sp³-hybridized carbons (Fsp3) is 0.526. The molecule has 2 aromatic rings. The van der Waals surface area contributed by atoms with Gasteiger partial charge in [0.1, 0.15) is 0 Å². The van der Waals surface area contributed by atoms with Crippen LogP contribution in [0.3, 0.4) is 0 Å². The lowest BCUT2D eigenvalue weighted by Crippen LogP contribution is -2.38. The summed E-state index contributed by atoms with van der Waals surface area (Å²) < 4.78 is 5.34. The van der Waals surface area contributed by atoms with E-state index in [1.807, 2.05) is 6.92 Å². The molecule has 0 bridgehead atoms. The second-order valence-corrected chi connectivity index (χ2v) is 5.80. The van der Waals surface area contributed by atoms with Crippen LogP contribution < -0.4 is 10.6 Å². The number of rotatable bonds is 9. The van der Waals surface area contributed by atoms with E-state index < -0.39 is 0 Å². The number of guanidine groups is 1. The molecule has 0 aliphatic carbocycles. The molecule has 1 aromatic carbocycles. The van der Waals surface area contributed by atoms with Crippen LogP contribution in [0.15, 0.2) is 29.4 Å². The Morgan fingerprint density at radius 2 is 2.08 bits per heavy atom. The van der Waals surface area contributed by atoms with E-state index >= 15 is 0 Å². The van der Waals surface area contributed by atoms with Gasteiger partial charge >= 0.3 is 0 Å². The molecule has 1 aromatic heterocycles. The van der Waals surface area contributed by atoms with Crippen LogP contribution in [-0.4, -0.2) is 43.8 Å². The SMILES string of the molecule is CCNC(=NCCCOCC)NCCc1c[nH]c2c(C)cccc12.I. The van der Waals surface area contributed by atoms with Gasteiger partial charge in [0, 0.05) is 49.9 Å². The quantitative estimate of drug-likeness (QED) is 0.233. The van der Waals surface area contributed by atoms with Gasteiger partial charge in [0.25, 0.3) is 0 Å². The number of aromatic amines is 1. The van der Waals surface area contributed by atoms with Crippen molar-refractivity contribution >= 4 is 40.8 Å². The number of hydrogen-bond donors (Lipinski definition) is 3. The van der Waals surface area contributed by atoms with Gasteiger partial charge in [0.15, 0.2) is 5.96 Å². The van der Waals surface area contributed by atoms with Crippen molar-refractivity contribution in [2.24, 2.45) is 4.99 Å². The zero-order chi connectivity index (χ0) is 17.2. The first-order valence-electron chi connectivity index (χ1n) is 8.91. The number of ether oxygens (including phenoxy) is 1. The molecule has 0 aliphatic rings. The molecule has 0 atom stereocenters. The van der Waals surface area contributed by atoms with Crippen molar-refractivity contribution in [2.45, 2.75) is 33.6 Å². The number of aliphatic imine (C=N–C) groups is 1. The van der Waals surface area contributed by atoms with Crippen LogP contribution in [0, 0.1) is 6.92 Å². The Balaban J connectivity index is 0.00000312. The van der Waals surface area contributed by atoms with E-state index in [0.717, 1.165) is 51.6 Å². The van der Waals surface area contributed by atoms with Gasteiger partial charge in [-0.05, 0) is 44.7 Å². The van der Waals surface area contributed by atoms with E-state index in [9.17, 15) is 0 Å². The normalized spacial score (nSPS) is 11.4. The van der Waals surface area contributed by atoms with Crippen molar-refractivity contribution in [3.05, 3.63) is 35.5 Å². The molecule has 0 aliphatic heterocycles. The van der Waals surface area contributed by atoms with E-state index in [0.29, 0.717) is 0 Å². The van der Waals surface area contributed by atoms with Crippen LogP contribution in [0.5, 0.6) is 0 Å². The molecule has 25 heavy (non-hydrogen) atoms. The molecule has 5 nitrogen and oxygen atoms in total. The summed E-state index contributed by atoms with van der Waals surface area (Å²) >= 11 is 0. The summed E-state index contributed by atoms with van der Waals surface area (Å²) in [5.41, 5.74) is 3.87. The topological polar surface area (TPSA) is 61.4 Å². The van der Waals surface area contributed by atoms with Crippen LogP contribution in [0.25, 0.3) is 10.9 Å². The zero-order valence-corrected chi connectivity index (χ0v) is 17.9. The molecule has 0 saturated heterocycles. The molecule has 0 amide bonds. The highest BCUT2D eigenvalue weighted by atomic mass is 127. The fourth-order valence-electron chi connectivity index (χ4n) is 2.73. The van der Waals surface area contributed by atoms with E-state index in [4.69, 9.17) is 4.74 Å². The monoisotopic (exact) mass is 458 g/mol. The van der Waals surface area contributed by atoms with Crippen LogP contribution in [0.1, 0.15) is 31.4 Å². The van der Waals surface area contributed by atoms with Crippen molar-refractivity contribution in [2.75, 3.05) is 32.8 Å². The average Bonchev–Trinajstić information content (AvgIpc) is 2.99. The molecule has 0 saturated carbocycles. The number of nitrogens with one attached hydrogen (secondary N) is 3. The number of halogens is 1. The molecule has 6 heteroatoms. The number of nitrogens with zero attached hydrogens (tertiary/aromatic N) is 1. The van der Waals surface area contributed by atoms with Crippen molar-refractivity contribution in [3.63, 3.8) is 0 Å². The van der Waals surface area contributed by atoms with Gasteiger partial charge < -0.3 is 20.4 Å². The van der Waals surface area contributed by atoms with Crippen LogP contribution >= 0.6 is 24.0 Å². The summed E-state index contributed by atoms with van der Waals surface area (Å²) in [4.78, 5) is 7.97. The third-order valence-corrected chi connectivity index (χ3v) is 3.96. The number of aromatic nitrogens is 1. The van der Waals surface area contributed by atoms with E-state index in [-0.39, 0.29) is 24.0 Å². The predicted octanol–water partition coefficient (Wildman–Crippen LogP) is 3.62. The minimum absolute atomic E-state index is 0. The van der Waals surface area contributed by atoms with Gasteiger partial charge in [-0.25, -0.2) is 0 Å². The van der Waals surface area contributed by atoms with Gasteiger partial charge in [-0.1, -0.05) is 18.2 Å². The molecule has 2 rings (SSSR count). The van der Waals surface area contributed by atoms with Gasteiger partial charge in [-0.2, -0.15) is 0 Å². The number of para-hydroxylation sites is 1. The first-order valence-corrected chi connectivity index (χ1v) is 8.91. The molecular weight excluding hydrogens is 427 g/mol. The number of fused-ring (bicyclic) bond motifs is 1. The molecule has 0 spiro atoms. The highest BCUT2D eigenvalue weighted by molar-refractivity contribution is 14.0. The molecule has 140 valence electrons. The van der Waals surface area contributed by atoms with Crippen LogP contribution in [-0.2, 0) is 11.2 Å². The molecule has 3 N–H and O–H groups in total. The van der Waals surface area contributed by atoms with Gasteiger partial charge in [-0.15, -0.1) is 24.0 Å². The molecule has 1 heterocycles. The third kappa shape index (κ3) is 6.86. The lowest BCUT2D eigenvalue weighted by Gasteiger charge is -2.11. The zero-order valence-electron chi connectivity index (χ0n) is 15.5. The van der Waals surface area contributed by atoms with E-state index in [1.165, 1.54) is 22.0 Å². The summed E-state index contributed by atoms with van der Waals surface area (Å²) in [6, 6.07) is 6.44. The van der Waals surface area contributed by atoms with Gasteiger partial charge in [-0.3, -0.25) is 4.99 Å². The number of H-pyrrole nitrogens is 1. The number of hydrogen-bond acceptors (Lipinski definition) is 2. The first kappa shape index (κ1) is 21.8. The first-order chi connectivity index (χ1) is 11.8. The molecule has 0 radical (unpaired) electrons. The van der Waals surface area contributed by atoms with Crippen molar-refractivity contribution in [1.29, 1.82) is 0 Å². The lowest BCUT2D eigenvalue weighted by molar-refractivity contribution is 0.146. The minimum atomic E-state index is 0. The molecular formula is C19H31IN4O. The third-order valence-electron chi connectivity index (χ3n) is 3.96. The van der Waals surface area contributed by atoms with Crippen molar-refractivity contribution in [1.82, 2.24) is 15.6 Å². The summed E-state index contributed by atoms with van der Waals surface area (Å²) in [5, 5.41) is 8.02. The summed E-state index contributed by atoms with van der Waals surface area (Å²) in [7, 11) is 0. The Kier molecular flexibility index (Phi) is 10.6. The Bertz CT molecular complexity index is 654. The molecule has 0 fully saturated rings. The van der Waals surface area contributed by atoms with Crippen molar-refractivity contribution < 1.29 is 4.74 Å². The van der Waals surface area contributed by atoms with Crippen LogP contribution in [0.2, 0.25) is 0 Å². The Labute approximate surface area is 168 Å². The lowest BCUT2D eigenvalue weighted by atomic mass is 10.1. The second kappa shape index (κ2) is 12.1. The largest absolute Gasteiger partial charge is 0.382 e. The summed E-state index contributed by atoms with van der Waals surface area (Å²) in [5.74, 6) is 0.880. The maximum absolute atomic E-state index is 5.34. The Morgan fingerprint density at radius 1 is 1.24 bits per heavy atom. The Morgan fingerprint density at radius 3 is 2.84 bits per heavy atom. The average molecular weight is 458 g/mol. The van der Waals surface area contributed by atoms with Gasteiger partial charge in [0.2, 0.25) is 0 Å². The second-order valence-electron chi connectivity index (χ2n) is 5.80. The highest BCUT2D eigenvalue weighted by Gasteiger charge is 2.05. The standard InChI is InChI=1S/C19H30N4O.HI/c1-4-20-19(21-11-7-13-24-5-2)22-12-10-16-14-23-18-15(3)8-6-9-17(16)18;/h6,8-9,14,23H,4-5,7,10-13H2,1-3H3,(H2,20,21,22);1H. The summed E-state index contributed by atoms with van der Waals surface area (Å²) in [6.45, 7) is 10.3. The van der Waals surface area contributed by atoms with Crippen LogP contribution in [0.4, 0.5) is 0 Å². The predicted molar refractivity (Wildman–Crippen MR) is 117 cm³/mol. The maximum Gasteiger partial charge on any atom is 0.191 e. The minimum Gasteiger partial charge on any atom is -0.382 e. The number of aryl methyl sites for hydroxylation is 1. The number of benzene rings is 1. The molecule has 0 unspecified atom stereocenters. The highest BCUT2D eigenvalue weighted by Crippen LogP contribution is 2.21. The Hall–Kier alpha value is -1.28. The van der Waals surface area contributed by atoms with Gasteiger partial charge in [0.05, 0.1) is 0 Å². The van der Waals surface area contributed by atoms with Crippen molar-refractivity contribution in [3.8, 4) is 0 Å². The smallest absolute Gasteiger partial charge is 0.191 e.